The Morgan fingerprint density at radius 3 is 2.15 bits per heavy atom. The van der Waals surface area contributed by atoms with E-state index in [9.17, 15) is 18.0 Å². The molecule has 1 amide bonds. The summed E-state index contributed by atoms with van der Waals surface area (Å²) in [5.74, 6) is -1.92. The minimum Gasteiger partial charge on any atom is -0.489 e. The van der Waals surface area contributed by atoms with Crippen molar-refractivity contribution in [2.24, 2.45) is 11.5 Å². The predicted molar refractivity (Wildman–Crippen MR) is 119 cm³/mol. The summed E-state index contributed by atoms with van der Waals surface area (Å²) in [6.45, 7) is 1.72. The first-order valence-electron chi connectivity index (χ1n) is 10.4. The van der Waals surface area contributed by atoms with Crippen molar-refractivity contribution in [3.05, 3.63) is 65.7 Å². The van der Waals surface area contributed by atoms with E-state index in [1.807, 2.05) is 54.6 Å². The second kappa shape index (κ2) is 14.9. The van der Waals surface area contributed by atoms with Crippen molar-refractivity contribution in [1.82, 2.24) is 5.32 Å². The van der Waals surface area contributed by atoms with Crippen molar-refractivity contribution >= 4 is 11.9 Å². The number of carboxylic acid groups (broad SMARTS) is 1. The molecule has 0 saturated carbocycles. The van der Waals surface area contributed by atoms with Crippen molar-refractivity contribution in [3.63, 3.8) is 0 Å². The first kappa shape index (κ1) is 27.9. The molecule has 33 heavy (non-hydrogen) atoms. The number of carbonyl (C=O) groups is 2. The fraction of sp³-hybridized carbons (Fsp3) is 0.391. The molecule has 2 aromatic rings. The normalized spacial score (nSPS) is 11.7. The number of alkyl halides is 3. The molecule has 10 heteroatoms. The van der Waals surface area contributed by atoms with Crippen LogP contribution in [0.15, 0.2) is 54.6 Å². The summed E-state index contributed by atoms with van der Waals surface area (Å²) < 4.78 is 37.5. The van der Waals surface area contributed by atoms with Crippen molar-refractivity contribution < 1.29 is 32.6 Å². The SMILES string of the molecule is NC[C@@H](N)CCCCNC(=O)Cc1ccc(OCc2ccccc2)cc1.O=C(O)C(F)(F)F. The van der Waals surface area contributed by atoms with Crippen LogP contribution in [0.3, 0.4) is 0 Å². The van der Waals surface area contributed by atoms with E-state index in [0.29, 0.717) is 26.1 Å². The van der Waals surface area contributed by atoms with Crippen LogP contribution in [-0.4, -0.2) is 42.3 Å². The van der Waals surface area contributed by atoms with Gasteiger partial charge in [-0.3, -0.25) is 4.79 Å². The highest BCUT2D eigenvalue weighted by Gasteiger charge is 2.38. The Labute approximate surface area is 190 Å². The highest BCUT2D eigenvalue weighted by atomic mass is 19.4. The van der Waals surface area contributed by atoms with E-state index >= 15 is 0 Å². The number of nitrogens with two attached hydrogens (primary N) is 2. The maximum Gasteiger partial charge on any atom is 0.490 e. The molecule has 7 nitrogen and oxygen atoms in total. The molecule has 182 valence electrons. The summed E-state index contributed by atoms with van der Waals surface area (Å²) in [6, 6.07) is 17.8. The average Bonchev–Trinajstić information content (AvgIpc) is 2.78. The zero-order chi connectivity index (χ0) is 24.7. The van der Waals surface area contributed by atoms with Gasteiger partial charge in [-0.2, -0.15) is 13.2 Å². The van der Waals surface area contributed by atoms with Crippen LogP contribution < -0.4 is 21.5 Å². The fourth-order valence-electron chi connectivity index (χ4n) is 2.57. The molecule has 0 spiro atoms. The summed E-state index contributed by atoms with van der Waals surface area (Å²) in [5.41, 5.74) is 13.3. The standard InChI is InChI=1S/C21H29N3O2.C2HF3O2/c22-15-19(23)8-4-5-13-24-21(25)14-17-9-11-20(12-10-17)26-16-18-6-2-1-3-7-18;3-2(4,5)1(6)7/h1-3,6-7,9-12,19H,4-5,8,13-16,22-23H2,(H,24,25);(H,6,7)/t19-;/m0./s1. The highest BCUT2D eigenvalue weighted by molar-refractivity contribution is 5.78. The van der Waals surface area contributed by atoms with Gasteiger partial charge in [0, 0.05) is 19.1 Å². The molecule has 0 aliphatic heterocycles. The first-order chi connectivity index (χ1) is 15.6. The van der Waals surface area contributed by atoms with Crippen LogP contribution >= 0.6 is 0 Å². The number of benzene rings is 2. The Morgan fingerprint density at radius 2 is 1.61 bits per heavy atom. The van der Waals surface area contributed by atoms with Gasteiger partial charge >= 0.3 is 12.1 Å². The summed E-state index contributed by atoms with van der Waals surface area (Å²) in [7, 11) is 0. The van der Waals surface area contributed by atoms with Crippen LogP contribution in [0.25, 0.3) is 0 Å². The Bertz CT molecular complexity index is 831. The molecule has 2 aromatic carbocycles. The molecule has 0 fully saturated rings. The van der Waals surface area contributed by atoms with Gasteiger partial charge in [0.2, 0.25) is 5.91 Å². The minimum absolute atomic E-state index is 0.0334. The Kier molecular flexibility index (Phi) is 12.6. The Morgan fingerprint density at radius 1 is 1.00 bits per heavy atom. The lowest BCUT2D eigenvalue weighted by molar-refractivity contribution is -0.192. The fourth-order valence-corrected chi connectivity index (χ4v) is 2.57. The monoisotopic (exact) mass is 469 g/mol. The number of carbonyl (C=O) groups excluding carboxylic acids is 1. The lowest BCUT2D eigenvalue weighted by atomic mass is 10.1. The summed E-state index contributed by atoms with van der Waals surface area (Å²) in [5, 5.41) is 10.1. The molecular formula is C23H30F3N3O4. The van der Waals surface area contributed by atoms with Crippen LogP contribution in [0.5, 0.6) is 5.75 Å². The average molecular weight is 470 g/mol. The van der Waals surface area contributed by atoms with E-state index in [1.54, 1.807) is 0 Å². The van der Waals surface area contributed by atoms with E-state index in [4.69, 9.17) is 26.1 Å². The van der Waals surface area contributed by atoms with Gasteiger partial charge in [0.1, 0.15) is 12.4 Å². The quantitative estimate of drug-likeness (QED) is 0.375. The third kappa shape index (κ3) is 13.1. The predicted octanol–water partition coefficient (Wildman–Crippen LogP) is 3.01. The van der Waals surface area contributed by atoms with E-state index in [2.05, 4.69) is 5.32 Å². The molecule has 0 radical (unpaired) electrons. The van der Waals surface area contributed by atoms with Gasteiger partial charge in [-0.1, -0.05) is 48.9 Å². The van der Waals surface area contributed by atoms with E-state index < -0.39 is 12.1 Å². The first-order valence-corrected chi connectivity index (χ1v) is 10.4. The molecule has 6 N–H and O–H groups in total. The molecule has 0 bridgehead atoms. The maximum atomic E-state index is 12.0. The largest absolute Gasteiger partial charge is 0.490 e. The second-order valence-electron chi connectivity index (χ2n) is 7.24. The van der Waals surface area contributed by atoms with Gasteiger partial charge in [-0.15, -0.1) is 0 Å². The second-order valence-corrected chi connectivity index (χ2v) is 7.24. The van der Waals surface area contributed by atoms with Crippen molar-refractivity contribution in [1.29, 1.82) is 0 Å². The zero-order valence-corrected chi connectivity index (χ0v) is 18.2. The number of carboxylic acids is 1. The Balaban J connectivity index is 0.000000675. The van der Waals surface area contributed by atoms with E-state index in [1.165, 1.54) is 0 Å². The van der Waals surface area contributed by atoms with E-state index in [-0.39, 0.29) is 11.9 Å². The lowest BCUT2D eigenvalue weighted by Gasteiger charge is -2.09. The zero-order valence-electron chi connectivity index (χ0n) is 18.2. The molecule has 0 aliphatic rings. The van der Waals surface area contributed by atoms with Gasteiger partial charge in [-0.05, 0) is 36.1 Å². The van der Waals surface area contributed by atoms with Crippen LogP contribution in [0.1, 0.15) is 30.4 Å². The summed E-state index contributed by atoms with van der Waals surface area (Å²) in [4.78, 5) is 20.9. The van der Waals surface area contributed by atoms with E-state index in [0.717, 1.165) is 36.1 Å². The third-order valence-corrected chi connectivity index (χ3v) is 4.41. The minimum atomic E-state index is -5.08. The number of amides is 1. The number of hydrogen-bond acceptors (Lipinski definition) is 5. The van der Waals surface area contributed by atoms with Crippen molar-refractivity contribution in [2.45, 2.75) is 44.5 Å². The van der Waals surface area contributed by atoms with Gasteiger partial charge in [-0.25, -0.2) is 4.79 Å². The number of ether oxygens (including phenoxy) is 1. The smallest absolute Gasteiger partial charge is 0.489 e. The number of hydrogen-bond donors (Lipinski definition) is 4. The van der Waals surface area contributed by atoms with Gasteiger partial charge < -0.3 is 26.6 Å². The van der Waals surface area contributed by atoms with Crippen molar-refractivity contribution in [3.8, 4) is 5.75 Å². The molecule has 0 saturated heterocycles. The molecule has 2 rings (SSSR count). The summed E-state index contributed by atoms with van der Waals surface area (Å²) >= 11 is 0. The van der Waals surface area contributed by atoms with Gasteiger partial charge in [0.15, 0.2) is 0 Å². The highest BCUT2D eigenvalue weighted by Crippen LogP contribution is 2.15. The third-order valence-electron chi connectivity index (χ3n) is 4.41. The molecule has 0 heterocycles. The number of rotatable bonds is 11. The topological polar surface area (TPSA) is 128 Å². The van der Waals surface area contributed by atoms with Crippen molar-refractivity contribution in [2.75, 3.05) is 13.1 Å². The molecule has 1 atom stereocenters. The molecular weight excluding hydrogens is 439 g/mol. The molecule has 0 aliphatic carbocycles. The molecule has 0 unspecified atom stereocenters. The number of nitrogens with one attached hydrogen (secondary N) is 1. The molecule has 0 aromatic heterocycles. The summed E-state index contributed by atoms with van der Waals surface area (Å²) in [6.07, 6.45) is -1.91. The maximum absolute atomic E-state index is 12.0. The number of unbranched alkanes of at least 4 members (excludes halogenated alkanes) is 1. The lowest BCUT2D eigenvalue weighted by Crippen LogP contribution is -2.30. The van der Waals surface area contributed by atoms with Crippen LogP contribution in [0, 0.1) is 0 Å². The Hall–Kier alpha value is -3.11. The van der Waals surface area contributed by atoms with Crippen LogP contribution in [-0.2, 0) is 22.6 Å². The van der Waals surface area contributed by atoms with Gasteiger partial charge in [0.25, 0.3) is 0 Å². The number of aliphatic carboxylic acids is 1. The van der Waals surface area contributed by atoms with Crippen LogP contribution in [0.2, 0.25) is 0 Å². The number of halogens is 3. The van der Waals surface area contributed by atoms with Crippen LogP contribution in [0.4, 0.5) is 13.2 Å². The van der Waals surface area contributed by atoms with Gasteiger partial charge in [0.05, 0.1) is 6.42 Å².